The summed E-state index contributed by atoms with van der Waals surface area (Å²) in [6.07, 6.45) is 0.750. The first-order chi connectivity index (χ1) is 8.65. The lowest BCUT2D eigenvalue weighted by atomic mass is 9.91. The summed E-state index contributed by atoms with van der Waals surface area (Å²) in [5.41, 5.74) is 1.55. The van der Waals surface area contributed by atoms with Crippen molar-refractivity contribution in [1.82, 2.24) is 15.0 Å². The highest BCUT2D eigenvalue weighted by molar-refractivity contribution is 9.10. The Morgan fingerprint density at radius 1 is 1.39 bits per heavy atom. The van der Waals surface area contributed by atoms with Crippen LogP contribution in [-0.2, 0) is 7.05 Å². The number of aryl methyl sites for hydroxylation is 1. The Morgan fingerprint density at radius 2 is 2.06 bits per heavy atom. The molecule has 0 radical (unpaired) electrons. The topological polar surface area (TPSA) is 47.8 Å². The van der Waals surface area contributed by atoms with Crippen molar-refractivity contribution in [1.29, 1.82) is 0 Å². The van der Waals surface area contributed by atoms with E-state index in [0.29, 0.717) is 10.3 Å². The van der Waals surface area contributed by atoms with Gasteiger partial charge in [0.2, 0.25) is 0 Å². The lowest BCUT2D eigenvalue weighted by Crippen LogP contribution is -2.16. The molecule has 1 aromatic carbocycles. The second-order valence-electron chi connectivity index (χ2n) is 4.09. The van der Waals surface area contributed by atoms with Crippen LogP contribution in [0.15, 0.2) is 34.9 Å². The van der Waals surface area contributed by atoms with Crippen LogP contribution in [0.4, 0.5) is 0 Å². The Balaban J connectivity index is 2.38. The first-order valence-corrected chi connectivity index (χ1v) is 6.58. The number of rotatable bonds is 4. The third-order valence-electron chi connectivity index (χ3n) is 2.95. The zero-order valence-electron chi connectivity index (χ0n) is 10.3. The molecule has 0 spiro atoms. The van der Waals surface area contributed by atoms with Gasteiger partial charge in [0.05, 0.1) is 0 Å². The fourth-order valence-electron chi connectivity index (χ4n) is 2.02. The highest BCUT2D eigenvalue weighted by atomic mass is 79.9. The first-order valence-electron chi connectivity index (χ1n) is 5.79. The van der Waals surface area contributed by atoms with Crippen LogP contribution in [-0.4, -0.2) is 20.8 Å². The number of hydrogen-bond donors (Lipinski definition) is 0. The lowest BCUT2D eigenvalue weighted by Gasteiger charge is -2.14. The summed E-state index contributed by atoms with van der Waals surface area (Å²) < 4.78 is 2.02. The average molecular weight is 308 g/mol. The van der Waals surface area contributed by atoms with Crippen LogP contribution >= 0.6 is 15.9 Å². The van der Waals surface area contributed by atoms with E-state index in [2.05, 4.69) is 26.2 Å². The molecular weight excluding hydrogens is 294 g/mol. The van der Waals surface area contributed by atoms with Gasteiger partial charge in [0.15, 0.2) is 10.4 Å². The minimum Gasteiger partial charge on any atom is -0.292 e. The molecule has 5 heteroatoms. The summed E-state index contributed by atoms with van der Waals surface area (Å²) in [4.78, 5) is 12.5. The molecule has 2 aromatic rings. The van der Waals surface area contributed by atoms with E-state index in [-0.39, 0.29) is 11.7 Å². The molecule has 1 atom stereocenters. The monoisotopic (exact) mass is 307 g/mol. The molecule has 0 saturated heterocycles. The third-order valence-corrected chi connectivity index (χ3v) is 3.48. The van der Waals surface area contributed by atoms with Crippen LogP contribution in [0.2, 0.25) is 0 Å². The number of Topliss-reactive ketones (excluding diaryl/α,β-unsaturated/α-hetero) is 1. The molecular formula is C13H14BrN3O. The van der Waals surface area contributed by atoms with Gasteiger partial charge in [-0.05, 0) is 27.9 Å². The van der Waals surface area contributed by atoms with Gasteiger partial charge in [-0.1, -0.05) is 42.5 Å². The minimum atomic E-state index is -0.153. The molecule has 0 saturated carbocycles. The second-order valence-corrected chi connectivity index (χ2v) is 4.84. The molecule has 0 aliphatic rings. The van der Waals surface area contributed by atoms with Crippen molar-refractivity contribution in [3.8, 4) is 0 Å². The van der Waals surface area contributed by atoms with E-state index in [1.807, 2.05) is 37.3 Å². The first kappa shape index (κ1) is 13.0. The van der Waals surface area contributed by atoms with Gasteiger partial charge in [0.25, 0.3) is 0 Å². The lowest BCUT2D eigenvalue weighted by molar-refractivity contribution is 0.0947. The van der Waals surface area contributed by atoms with Crippen molar-refractivity contribution in [3.63, 3.8) is 0 Å². The molecule has 1 unspecified atom stereocenters. The normalized spacial score (nSPS) is 12.4. The summed E-state index contributed by atoms with van der Waals surface area (Å²) in [7, 11) is 1.72. The molecule has 1 aromatic heterocycles. The molecule has 2 rings (SSSR count). The van der Waals surface area contributed by atoms with Gasteiger partial charge < -0.3 is 0 Å². The van der Waals surface area contributed by atoms with Gasteiger partial charge >= 0.3 is 0 Å². The quantitative estimate of drug-likeness (QED) is 0.816. The Morgan fingerprint density at radius 3 is 2.56 bits per heavy atom. The number of halogens is 1. The number of aromatic nitrogens is 3. The summed E-state index contributed by atoms with van der Waals surface area (Å²) >= 11 is 3.27. The van der Waals surface area contributed by atoms with Gasteiger partial charge in [0, 0.05) is 13.0 Å². The maximum absolute atomic E-state index is 12.5. The Bertz CT molecular complexity index is 531. The molecule has 1 heterocycles. The summed E-state index contributed by atoms with van der Waals surface area (Å²) in [5.74, 6) is -0.109. The smallest absolute Gasteiger partial charge is 0.191 e. The van der Waals surface area contributed by atoms with Crippen molar-refractivity contribution in [2.24, 2.45) is 7.05 Å². The van der Waals surface area contributed by atoms with E-state index in [1.165, 1.54) is 4.68 Å². The molecule has 0 aliphatic heterocycles. The minimum absolute atomic E-state index is 0.0445. The highest BCUT2D eigenvalue weighted by Crippen LogP contribution is 2.26. The molecule has 94 valence electrons. The Labute approximate surface area is 114 Å². The van der Waals surface area contributed by atoms with Crippen molar-refractivity contribution in [3.05, 3.63) is 46.2 Å². The third kappa shape index (κ3) is 2.36. The predicted octanol–water partition coefficient (Wildman–Crippen LogP) is 2.95. The van der Waals surface area contributed by atoms with E-state index in [4.69, 9.17) is 0 Å². The highest BCUT2D eigenvalue weighted by Gasteiger charge is 2.25. The van der Waals surface area contributed by atoms with Crippen LogP contribution < -0.4 is 0 Å². The number of carbonyl (C=O) groups is 1. The van der Waals surface area contributed by atoms with Gasteiger partial charge in [-0.15, -0.1) is 5.10 Å². The molecule has 18 heavy (non-hydrogen) atoms. The van der Waals surface area contributed by atoms with Crippen LogP contribution in [0.5, 0.6) is 0 Å². The van der Waals surface area contributed by atoms with E-state index in [9.17, 15) is 4.79 Å². The van der Waals surface area contributed by atoms with Gasteiger partial charge in [-0.3, -0.25) is 4.79 Å². The number of carbonyl (C=O) groups excluding carboxylic acids is 1. The Kier molecular flexibility index (Phi) is 3.91. The zero-order valence-corrected chi connectivity index (χ0v) is 11.9. The van der Waals surface area contributed by atoms with Crippen LogP contribution in [0.1, 0.15) is 35.3 Å². The number of hydrogen-bond acceptors (Lipinski definition) is 3. The molecule has 0 bridgehead atoms. The van der Waals surface area contributed by atoms with E-state index in [1.54, 1.807) is 7.05 Å². The Hall–Kier alpha value is -1.49. The predicted molar refractivity (Wildman–Crippen MR) is 72.5 cm³/mol. The van der Waals surface area contributed by atoms with Crippen molar-refractivity contribution in [2.45, 2.75) is 19.3 Å². The van der Waals surface area contributed by atoms with E-state index in [0.717, 1.165) is 12.0 Å². The fourth-order valence-corrected chi connectivity index (χ4v) is 2.54. The maximum atomic E-state index is 12.5. The number of nitrogens with zero attached hydrogens (tertiary/aromatic N) is 3. The average Bonchev–Trinajstić information content (AvgIpc) is 2.71. The zero-order chi connectivity index (χ0) is 13.1. The second kappa shape index (κ2) is 5.44. The maximum Gasteiger partial charge on any atom is 0.191 e. The van der Waals surface area contributed by atoms with Gasteiger partial charge in [-0.2, -0.15) is 0 Å². The number of benzene rings is 1. The largest absolute Gasteiger partial charge is 0.292 e. The summed E-state index contributed by atoms with van der Waals surface area (Å²) in [5, 5.41) is 7.70. The SMILES string of the molecule is CCC(C(=O)c1c(Br)nnn1C)c1ccccc1. The van der Waals surface area contributed by atoms with E-state index >= 15 is 0 Å². The molecule has 0 aliphatic carbocycles. The van der Waals surface area contributed by atoms with Crippen LogP contribution in [0.3, 0.4) is 0 Å². The molecule has 0 amide bonds. The summed E-state index contributed by atoms with van der Waals surface area (Å²) in [6, 6.07) is 9.79. The van der Waals surface area contributed by atoms with Crippen molar-refractivity contribution in [2.75, 3.05) is 0 Å². The van der Waals surface area contributed by atoms with Crippen LogP contribution in [0, 0.1) is 0 Å². The van der Waals surface area contributed by atoms with Gasteiger partial charge in [0.1, 0.15) is 5.69 Å². The standard InChI is InChI=1S/C13H14BrN3O/c1-3-10(9-7-5-4-6-8-9)12(18)11-13(14)15-16-17(11)2/h4-8,10H,3H2,1-2H3. The fraction of sp³-hybridized carbons (Fsp3) is 0.308. The molecule has 4 nitrogen and oxygen atoms in total. The van der Waals surface area contributed by atoms with Crippen molar-refractivity contribution < 1.29 is 4.79 Å². The van der Waals surface area contributed by atoms with Crippen LogP contribution in [0.25, 0.3) is 0 Å². The summed E-state index contributed by atoms with van der Waals surface area (Å²) in [6.45, 7) is 2.01. The molecule has 0 fully saturated rings. The molecule has 0 N–H and O–H groups in total. The van der Waals surface area contributed by atoms with Crippen molar-refractivity contribution >= 4 is 21.7 Å². The van der Waals surface area contributed by atoms with E-state index < -0.39 is 0 Å². The van der Waals surface area contributed by atoms with Gasteiger partial charge in [-0.25, -0.2) is 4.68 Å². The number of ketones is 1.